The standard InChI is InChI=1S/C22H35N3O2Si/c1-17-20-14-23-22-19(10-11-24(22)15-26-12-13-28(2,3)4)21(20)25(16-27-17)18-8-6-5-7-9-18/h10-11,14,17-18H,5-9,12-13,15-16H2,1-4H3. The van der Waals surface area contributed by atoms with Crippen molar-refractivity contribution < 1.29 is 9.47 Å². The van der Waals surface area contributed by atoms with E-state index in [-0.39, 0.29) is 6.10 Å². The molecule has 2 aromatic heterocycles. The molecule has 28 heavy (non-hydrogen) atoms. The average Bonchev–Trinajstić information content (AvgIpc) is 3.09. The molecule has 1 unspecified atom stereocenters. The van der Waals surface area contributed by atoms with Crippen LogP contribution >= 0.6 is 0 Å². The minimum absolute atomic E-state index is 0.100. The number of rotatable bonds is 6. The summed E-state index contributed by atoms with van der Waals surface area (Å²) in [6.07, 6.45) is 10.8. The van der Waals surface area contributed by atoms with E-state index in [1.54, 1.807) is 0 Å². The van der Waals surface area contributed by atoms with Crippen LogP contribution in [0.15, 0.2) is 18.5 Å². The SMILES string of the molecule is CC1OCN(C2CCCCC2)c2c1cnc1c2ccn1COCC[Si](C)(C)C. The quantitative estimate of drug-likeness (QED) is 0.471. The first kappa shape index (κ1) is 19.9. The molecule has 1 fully saturated rings. The highest BCUT2D eigenvalue weighted by molar-refractivity contribution is 6.76. The zero-order valence-corrected chi connectivity index (χ0v) is 18.9. The van der Waals surface area contributed by atoms with Crippen LogP contribution in [0.25, 0.3) is 11.0 Å². The van der Waals surface area contributed by atoms with Crippen molar-refractivity contribution in [2.45, 2.75) is 83.6 Å². The third kappa shape index (κ3) is 4.14. The molecular formula is C22H35N3O2Si. The average molecular weight is 402 g/mol. The van der Waals surface area contributed by atoms with Crippen LogP contribution in [-0.4, -0.2) is 37.0 Å². The molecule has 1 atom stereocenters. The smallest absolute Gasteiger partial charge is 0.143 e. The van der Waals surface area contributed by atoms with Gasteiger partial charge in [-0.15, -0.1) is 0 Å². The Morgan fingerprint density at radius 2 is 2.00 bits per heavy atom. The van der Waals surface area contributed by atoms with Crippen LogP contribution in [0.2, 0.25) is 25.7 Å². The Labute approximate surface area is 170 Å². The number of pyridine rings is 1. The van der Waals surface area contributed by atoms with Gasteiger partial charge < -0.3 is 18.9 Å². The van der Waals surface area contributed by atoms with Gasteiger partial charge in [0.25, 0.3) is 0 Å². The molecule has 2 aromatic rings. The van der Waals surface area contributed by atoms with E-state index in [2.05, 4.69) is 48.3 Å². The number of ether oxygens (including phenoxy) is 2. The summed E-state index contributed by atoms with van der Waals surface area (Å²) < 4.78 is 14.2. The largest absolute Gasteiger partial charge is 0.361 e. The summed E-state index contributed by atoms with van der Waals surface area (Å²) in [6, 6.07) is 4.00. The molecule has 5 nitrogen and oxygen atoms in total. The number of hydrogen-bond acceptors (Lipinski definition) is 4. The predicted octanol–water partition coefficient (Wildman–Crippen LogP) is 5.54. The lowest BCUT2D eigenvalue weighted by molar-refractivity contribution is 0.0491. The van der Waals surface area contributed by atoms with Crippen molar-refractivity contribution in [3.63, 3.8) is 0 Å². The fraction of sp³-hybridized carbons (Fsp3) is 0.682. The number of fused-ring (bicyclic) bond motifs is 3. The van der Waals surface area contributed by atoms with Gasteiger partial charge in [-0.2, -0.15) is 0 Å². The molecule has 154 valence electrons. The van der Waals surface area contributed by atoms with Gasteiger partial charge in [-0.25, -0.2) is 4.98 Å². The van der Waals surface area contributed by atoms with Crippen LogP contribution in [0.4, 0.5) is 5.69 Å². The van der Waals surface area contributed by atoms with E-state index in [9.17, 15) is 0 Å². The van der Waals surface area contributed by atoms with Crippen molar-refractivity contribution in [1.29, 1.82) is 0 Å². The molecule has 0 bridgehead atoms. The second kappa shape index (κ2) is 8.17. The fourth-order valence-corrected chi connectivity index (χ4v) is 5.19. The van der Waals surface area contributed by atoms with E-state index < -0.39 is 8.07 Å². The second-order valence-electron chi connectivity index (χ2n) is 9.63. The van der Waals surface area contributed by atoms with Gasteiger partial charge in [0.05, 0.1) is 11.8 Å². The Morgan fingerprint density at radius 1 is 1.21 bits per heavy atom. The molecule has 3 heterocycles. The normalized spacial score (nSPS) is 21.3. The van der Waals surface area contributed by atoms with Crippen molar-refractivity contribution in [3.05, 3.63) is 24.0 Å². The van der Waals surface area contributed by atoms with Gasteiger partial charge in [-0.05, 0) is 31.9 Å². The van der Waals surface area contributed by atoms with Gasteiger partial charge in [-0.3, -0.25) is 0 Å². The van der Waals surface area contributed by atoms with Crippen LogP contribution in [0, 0.1) is 0 Å². The minimum atomic E-state index is -1.06. The summed E-state index contributed by atoms with van der Waals surface area (Å²) in [6.45, 7) is 11.4. The van der Waals surface area contributed by atoms with E-state index >= 15 is 0 Å². The summed E-state index contributed by atoms with van der Waals surface area (Å²) in [5.41, 5.74) is 3.60. The Kier molecular flexibility index (Phi) is 5.81. The van der Waals surface area contributed by atoms with Crippen molar-refractivity contribution in [3.8, 4) is 0 Å². The van der Waals surface area contributed by atoms with Gasteiger partial charge in [0, 0.05) is 44.1 Å². The topological polar surface area (TPSA) is 39.5 Å². The van der Waals surface area contributed by atoms with Crippen LogP contribution in [0.5, 0.6) is 0 Å². The number of aromatic nitrogens is 2. The third-order valence-electron chi connectivity index (χ3n) is 6.22. The Morgan fingerprint density at radius 3 is 2.75 bits per heavy atom. The second-order valence-corrected chi connectivity index (χ2v) is 15.3. The van der Waals surface area contributed by atoms with Crippen molar-refractivity contribution in [2.24, 2.45) is 0 Å². The highest BCUT2D eigenvalue weighted by Gasteiger charge is 2.31. The molecule has 6 heteroatoms. The lowest BCUT2D eigenvalue weighted by atomic mass is 9.92. The van der Waals surface area contributed by atoms with Gasteiger partial charge in [0.2, 0.25) is 0 Å². The van der Waals surface area contributed by atoms with Crippen LogP contribution < -0.4 is 4.90 Å². The number of anilines is 1. The maximum absolute atomic E-state index is 6.10. The van der Waals surface area contributed by atoms with Gasteiger partial charge >= 0.3 is 0 Å². The van der Waals surface area contributed by atoms with E-state index in [4.69, 9.17) is 14.5 Å². The zero-order chi connectivity index (χ0) is 19.7. The van der Waals surface area contributed by atoms with E-state index in [1.165, 1.54) is 54.8 Å². The maximum Gasteiger partial charge on any atom is 0.143 e. The Bertz CT molecular complexity index is 808. The minimum Gasteiger partial charge on any atom is -0.361 e. The summed E-state index contributed by atoms with van der Waals surface area (Å²) in [7, 11) is -1.06. The molecule has 1 aliphatic carbocycles. The summed E-state index contributed by atoms with van der Waals surface area (Å²) in [5.74, 6) is 0. The van der Waals surface area contributed by atoms with Crippen LogP contribution in [0.3, 0.4) is 0 Å². The lowest BCUT2D eigenvalue weighted by Crippen LogP contribution is -2.42. The van der Waals surface area contributed by atoms with E-state index in [1.807, 2.05) is 6.20 Å². The zero-order valence-electron chi connectivity index (χ0n) is 17.9. The molecule has 1 saturated carbocycles. The molecule has 0 radical (unpaired) electrons. The maximum atomic E-state index is 6.10. The van der Waals surface area contributed by atoms with Crippen molar-refractivity contribution in [2.75, 3.05) is 18.2 Å². The van der Waals surface area contributed by atoms with Crippen LogP contribution in [0.1, 0.15) is 50.7 Å². The van der Waals surface area contributed by atoms with Crippen LogP contribution in [-0.2, 0) is 16.2 Å². The number of hydrogen-bond donors (Lipinski definition) is 0. The highest BCUT2D eigenvalue weighted by Crippen LogP contribution is 2.41. The summed E-state index contributed by atoms with van der Waals surface area (Å²) in [5, 5.41) is 1.24. The van der Waals surface area contributed by atoms with Crippen molar-refractivity contribution in [1.82, 2.24) is 9.55 Å². The van der Waals surface area contributed by atoms with Crippen molar-refractivity contribution >= 4 is 24.8 Å². The molecule has 0 spiro atoms. The molecule has 2 aliphatic rings. The molecule has 0 aromatic carbocycles. The first-order chi connectivity index (χ1) is 13.4. The Hall–Kier alpha value is -1.37. The van der Waals surface area contributed by atoms with E-state index in [0.29, 0.717) is 19.5 Å². The summed E-state index contributed by atoms with van der Waals surface area (Å²) >= 11 is 0. The van der Waals surface area contributed by atoms with Gasteiger partial charge in [-0.1, -0.05) is 38.9 Å². The molecule has 0 N–H and O–H groups in total. The molecule has 1 aliphatic heterocycles. The lowest BCUT2D eigenvalue weighted by Gasteiger charge is -2.41. The predicted molar refractivity (Wildman–Crippen MR) is 118 cm³/mol. The molecule has 4 rings (SSSR count). The highest BCUT2D eigenvalue weighted by atomic mass is 28.3. The molecular weight excluding hydrogens is 366 g/mol. The number of nitrogens with zero attached hydrogens (tertiary/aromatic N) is 3. The fourth-order valence-electron chi connectivity index (χ4n) is 4.43. The summed E-state index contributed by atoms with van der Waals surface area (Å²) in [4.78, 5) is 7.31. The first-order valence-electron chi connectivity index (χ1n) is 10.9. The first-order valence-corrected chi connectivity index (χ1v) is 14.6. The Balaban J connectivity index is 1.59. The van der Waals surface area contributed by atoms with Gasteiger partial charge in [0.1, 0.15) is 19.1 Å². The van der Waals surface area contributed by atoms with E-state index in [0.717, 1.165) is 12.3 Å². The van der Waals surface area contributed by atoms with Gasteiger partial charge in [0.15, 0.2) is 0 Å². The third-order valence-corrected chi connectivity index (χ3v) is 7.92. The molecule has 0 saturated heterocycles. The monoisotopic (exact) mass is 401 g/mol. The molecule has 0 amide bonds.